The molecule has 1 aliphatic heterocycles. The number of nitrogens with zero attached hydrogens (tertiary/aromatic N) is 1. The van der Waals surface area contributed by atoms with E-state index in [0.29, 0.717) is 12.8 Å². The van der Waals surface area contributed by atoms with E-state index in [1.165, 1.54) is 12.1 Å². The number of rotatable bonds is 3. The van der Waals surface area contributed by atoms with Crippen LogP contribution in [0.3, 0.4) is 0 Å². The highest BCUT2D eigenvalue weighted by Crippen LogP contribution is 2.08. The van der Waals surface area contributed by atoms with Gasteiger partial charge in [-0.1, -0.05) is 12.1 Å². The quantitative estimate of drug-likeness (QED) is 0.883. The smallest absolute Gasteiger partial charge is 0.222 e. The SMILES string of the molecule is O=C(CCc1cccc(F)c1)N1CCCNCC1. The van der Waals surface area contributed by atoms with Crippen molar-refractivity contribution in [1.82, 2.24) is 10.2 Å². The molecule has 0 spiro atoms. The van der Waals surface area contributed by atoms with Crippen molar-refractivity contribution in [3.05, 3.63) is 35.6 Å². The molecule has 0 aromatic heterocycles. The molecule has 0 radical (unpaired) electrons. The molecule has 0 saturated carbocycles. The van der Waals surface area contributed by atoms with E-state index in [1.807, 2.05) is 11.0 Å². The van der Waals surface area contributed by atoms with Crippen LogP contribution in [0.2, 0.25) is 0 Å². The van der Waals surface area contributed by atoms with E-state index >= 15 is 0 Å². The van der Waals surface area contributed by atoms with Crippen molar-refractivity contribution in [2.24, 2.45) is 0 Å². The van der Waals surface area contributed by atoms with Crippen LogP contribution in [0, 0.1) is 5.82 Å². The topological polar surface area (TPSA) is 32.3 Å². The molecule has 0 unspecified atom stereocenters. The summed E-state index contributed by atoms with van der Waals surface area (Å²) in [4.78, 5) is 13.9. The lowest BCUT2D eigenvalue weighted by Crippen LogP contribution is -2.34. The molecule has 1 fully saturated rings. The summed E-state index contributed by atoms with van der Waals surface area (Å²) >= 11 is 0. The molecule has 0 aliphatic carbocycles. The molecule has 1 saturated heterocycles. The lowest BCUT2D eigenvalue weighted by molar-refractivity contribution is -0.130. The van der Waals surface area contributed by atoms with Crippen LogP contribution in [0.15, 0.2) is 24.3 Å². The number of nitrogens with one attached hydrogen (secondary N) is 1. The van der Waals surface area contributed by atoms with Gasteiger partial charge in [-0.3, -0.25) is 4.79 Å². The minimum absolute atomic E-state index is 0.169. The maximum absolute atomic E-state index is 13.0. The van der Waals surface area contributed by atoms with E-state index in [2.05, 4.69) is 5.32 Å². The molecule has 98 valence electrons. The zero-order valence-corrected chi connectivity index (χ0v) is 10.5. The van der Waals surface area contributed by atoms with E-state index in [9.17, 15) is 9.18 Å². The number of carbonyl (C=O) groups excluding carboxylic acids is 1. The van der Waals surface area contributed by atoms with Crippen molar-refractivity contribution >= 4 is 5.91 Å². The molecular formula is C14H19FN2O. The van der Waals surface area contributed by atoms with Gasteiger partial charge in [0, 0.05) is 26.1 Å². The molecule has 0 bridgehead atoms. The van der Waals surface area contributed by atoms with E-state index < -0.39 is 0 Å². The fourth-order valence-corrected chi connectivity index (χ4v) is 2.20. The van der Waals surface area contributed by atoms with Gasteiger partial charge in [0.25, 0.3) is 0 Å². The van der Waals surface area contributed by atoms with Gasteiger partial charge in [-0.15, -0.1) is 0 Å². The average Bonchev–Trinajstić information content (AvgIpc) is 2.65. The Morgan fingerprint density at radius 1 is 1.33 bits per heavy atom. The van der Waals surface area contributed by atoms with Gasteiger partial charge in [0.15, 0.2) is 0 Å². The summed E-state index contributed by atoms with van der Waals surface area (Å²) in [6.45, 7) is 3.45. The van der Waals surface area contributed by atoms with Crippen LogP contribution in [0.5, 0.6) is 0 Å². The van der Waals surface area contributed by atoms with Crippen LogP contribution in [-0.2, 0) is 11.2 Å². The second-order valence-corrected chi connectivity index (χ2v) is 4.61. The molecule has 1 aromatic carbocycles. The van der Waals surface area contributed by atoms with Crippen molar-refractivity contribution in [2.45, 2.75) is 19.3 Å². The molecule has 18 heavy (non-hydrogen) atoms. The predicted octanol–water partition coefficient (Wildman–Crippen LogP) is 1.58. The van der Waals surface area contributed by atoms with Gasteiger partial charge in [-0.05, 0) is 37.1 Å². The standard InChI is InChI=1S/C14H19FN2O/c15-13-4-1-3-12(11-13)5-6-14(18)17-9-2-7-16-8-10-17/h1,3-4,11,16H,2,5-10H2. The first-order valence-electron chi connectivity index (χ1n) is 6.48. The third-order valence-corrected chi connectivity index (χ3v) is 3.21. The number of carbonyl (C=O) groups is 1. The lowest BCUT2D eigenvalue weighted by Gasteiger charge is -2.19. The predicted molar refractivity (Wildman–Crippen MR) is 68.8 cm³/mol. The molecular weight excluding hydrogens is 231 g/mol. The molecule has 1 aromatic rings. The fourth-order valence-electron chi connectivity index (χ4n) is 2.20. The molecule has 0 atom stereocenters. The lowest BCUT2D eigenvalue weighted by atomic mass is 10.1. The van der Waals surface area contributed by atoms with E-state index in [-0.39, 0.29) is 11.7 Å². The number of aryl methyl sites for hydroxylation is 1. The number of benzene rings is 1. The van der Waals surface area contributed by atoms with Gasteiger partial charge in [0.05, 0.1) is 0 Å². The first-order valence-corrected chi connectivity index (χ1v) is 6.48. The Bertz CT molecular complexity index is 401. The van der Waals surface area contributed by atoms with Crippen molar-refractivity contribution in [2.75, 3.05) is 26.2 Å². The van der Waals surface area contributed by atoms with E-state index in [4.69, 9.17) is 0 Å². The normalized spacial score (nSPS) is 16.4. The maximum atomic E-state index is 13.0. The van der Waals surface area contributed by atoms with Gasteiger partial charge in [-0.25, -0.2) is 4.39 Å². The van der Waals surface area contributed by atoms with Crippen LogP contribution in [0.1, 0.15) is 18.4 Å². The summed E-state index contributed by atoms with van der Waals surface area (Å²) in [7, 11) is 0. The highest BCUT2D eigenvalue weighted by atomic mass is 19.1. The molecule has 1 heterocycles. The number of halogens is 1. The number of hydrogen-bond donors (Lipinski definition) is 1. The molecule has 2 rings (SSSR count). The Morgan fingerprint density at radius 3 is 3.06 bits per heavy atom. The van der Waals surface area contributed by atoms with E-state index in [1.54, 1.807) is 6.07 Å². The second-order valence-electron chi connectivity index (χ2n) is 4.61. The van der Waals surface area contributed by atoms with Crippen LogP contribution < -0.4 is 5.32 Å². The number of hydrogen-bond acceptors (Lipinski definition) is 2. The van der Waals surface area contributed by atoms with Crippen molar-refractivity contribution in [3.8, 4) is 0 Å². The first kappa shape index (κ1) is 13.0. The van der Waals surface area contributed by atoms with Gasteiger partial charge in [0.1, 0.15) is 5.82 Å². The van der Waals surface area contributed by atoms with Crippen LogP contribution in [0.25, 0.3) is 0 Å². The average molecular weight is 250 g/mol. The zero-order valence-electron chi connectivity index (χ0n) is 10.5. The highest BCUT2D eigenvalue weighted by molar-refractivity contribution is 5.76. The van der Waals surface area contributed by atoms with Crippen molar-refractivity contribution < 1.29 is 9.18 Å². The molecule has 4 heteroatoms. The molecule has 1 amide bonds. The molecule has 3 nitrogen and oxygen atoms in total. The fraction of sp³-hybridized carbons (Fsp3) is 0.500. The van der Waals surface area contributed by atoms with Crippen molar-refractivity contribution in [3.63, 3.8) is 0 Å². The summed E-state index contributed by atoms with van der Waals surface area (Å²) in [6.07, 6.45) is 2.08. The minimum Gasteiger partial charge on any atom is -0.341 e. The molecule has 1 N–H and O–H groups in total. The Hall–Kier alpha value is -1.42. The Balaban J connectivity index is 1.83. The van der Waals surface area contributed by atoms with Gasteiger partial charge in [-0.2, -0.15) is 0 Å². The summed E-state index contributed by atoms with van der Waals surface area (Å²) in [5, 5.41) is 3.27. The summed E-state index contributed by atoms with van der Waals surface area (Å²) < 4.78 is 13.0. The second kappa shape index (κ2) is 6.50. The molecule has 1 aliphatic rings. The van der Waals surface area contributed by atoms with Gasteiger partial charge < -0.3 is 10.2 Å². The Labute approximate surface area is 107 Å². The maximum Gasteiger partial charge on any atom is 0.222 e. The third kappa shape index (κ3) is 3.81. The Morgan fingerprint density at radius 2 is 2.22 bits per heavy atom. The van der Waals surface area contributed by atoms with Gasteiger partial charge >= 0.3 is 0 Å². The zero-order chi connectivity index (χ0) is 12.8. The summed E-state index contributed by atoms with van der Waals surface area (Å²) in [6, 6.07) is 6.47. The van der Waals surface area contributed by atoms with Crippen LogP contribution in [-0.4, -0.2) is 37.0 Å². The monoisotopic (exact) mass is 250 g/mol. The van der Waals surface area contributed by atoms with Crippen LogP contribution >= 0.6 is 0 Å². The minimum atomic E-state index is -0.237. The first-order chi connectivity index (χ1) is 8.75. The third-order valence-electron chi connectivity index (χ3n) is 3.21. The summed E-state index contributed by atoms with van der Waals surface area (Å²) in [5.74, 6) is -0.0677. The van der Waals surface area contributed by atoms with E-state index in [0.717, 1.165) is 38.2 Å². The largest absolute Gasteiger partial charge is 0.341 e. The van der Waals surface area contributed by atoms with Crippen molar-refractivity contribution in [1.29, 1.82) is 0 Å². The van der Waals surface area contributed by atoms with Crippen LogP contribution in [0.4, 0.5) is 4.39 Å². The summed E-state index contributed by atoms with van der Waals surface area (Å²) in [5.41, 5.74) is 0.885. The highest BCUT2D eigenvalue weighted by Gasteiger charge is 2.14. The Kier molecular flexibility index (Phi) is 4.70. The van der Waals surface area contributed by atoms with Gasteiger partial charge in [0.2, 0.25) is 5.91 Å². The number of amides is 1.